The van der Waals surface area contributed by atoms with Gasteiger partial charge in [0.25, 0.3) is 11.5 Å². The molecule has 3 aromatic rings. The molecule has 33 heavy (non-hydrogen) atoms. The summed E-state index contributed by atoms with van der Waals surface area (Å²) < 4.78 is 9.98. The average molecular weight is 491 g/mol. The van der Waals surface area contributed by atoms with Crippen molar-refractivity contribution < 1.29 is 18.8 Å². The zero-order chi connectivity index (χ0) is 24.0. The molecule has 0 saturated heterocycles. The van der Waals surface area contributed by atoms with Gasteiger partial charge in [0.2, 0.25) is 5.76 Å². The van der Waals surface area contributed by atoms with Crippen LogP contribution >= 0.6 is 23.2 Å². The largest absolute Gasteiger partial charge is 0.466 e. The van der Waals surface area contributed by atoms with Gasteiger partial charge in [-0.3, -0.25) is 14.4 Å². The van der Waals surface area contributed by atoms with Gasteiger partial charge in [0.15, 0.2) is 0 Å². The minimum absolute atomic E-state index is 0.125. The number of ether oxygens (including phenoxy) is 1. The van der Waals surface area contributed by atoms with Gasteiger partial charge in [-0.15, -0.1) is 0 Å². The van der Waals surface area contributed by atoms with Crippen LogP contribution in [0.5, 0.6) is 0 Å². The van der Waals surface area contributed by atoms with E-state index in [1.165, 1.54) is 0 Å². The molecule has 0 spiro atoms. The number of halogens is 2. The number of carbonyl (C=O) groups is 2. The van der Waals surface area contributed by atoms with Gasteiger partial charge in [-0.25, -0.2) is 0 Å². The Bertz CT molecular complexity index is 1170. The number of benzene rings is 2. The number of esters is 1. The highest BCUT2D eigenvalue weighted by atomic mass is 35.5. The van der Waals surface area contributed by atoms with E-state index in [0.717, 1.165) is 22.8 Å². The third kappa shape index (κ3) is 6.73. The smallest absolute Gasteiger partial charge is 0.308 e. The summed E-state index contributed by atoms with van der Waals surface area (Å²) in [6.07, 6.45) is 0.800. The van der Waals surface area contributed by atoms with Crippen molar-refractivity contribution in [1.29, 1.82) is 0 Å². The standard InChI is InChI=1S/C24H24Cl2N2O5/c1-3-32-24(31)14(2)10-18(27-23(30)21-13-22(29)28-33-21)11-15-4-6-16(7-5-15)19-12-17(25)8-9-20(19)26/h4-9,12-14,18H,3,10-11H2,1-2H3,(H,27,30)(H,28,29)/t14-,18+/m1/s1. The van der Waals surface area contributed by atoms with E-state index in [9.17, 15) is 14.4 Å². The zero-order valence-electron chi connectivity index (χ0n) is 18.2. The molecule has 0 aliphatic heterocycles. The van der Waals surface area contributed by atoms with Crippen LogP contribution in [-0.2, 0) is 16.0 Å². The first-order chi connectivity index (χ1) is 15.8. The molecule has 3 rings (SSSR count). The van der Waals surface area contributed by atoms with Gasteiger partial charge in [-0.05, 0) is 49.1 Å². The van der Waals surface area contributed by atoms with Crippen molar-refractivity contribution in [2.75, 3.05) is 6.61 Å². The van der Waals surface area contributed by atoms with Crippen molar-refractivity contribution in [3.63, 3.8) is 0 Å². The maximum absolute atomic E-state index is 12.5. The summed E-state index contributed by atoms with van der Waals surface area (Å²) in [6, 6.07) is 13.6. The van der Waals surface area contributed by atoms with Crippen molar-refractivity contribution in [3.05, 3.63) is 80.3 Å². The van der Waals surface area contributed by atoms with E-state index in [1.807, 2.05) is 24.3 Å². The van der Waals surface area contributed by atoms with Crippen molar-refractivity contribution in [1.82, 2.24) is 10.5 Å². The summed E-state index contributed by atoms with van der Waals surface area (Å²) in [4.78, 5) is 36.0. The van der Waals surface area contributed by atoms with Crippen LogP contribution in [0, 0.1) is 5.92 Å². The minimum Gasteiger partial charge on any atom is -0.466 e. The van der Waals surface area contributed by atoms with Crippen LogP contribution in [0.15, 0.2) is 57.8 Å². The number of aromatic amines is 1. The van der Waals surface area contributed by atoms with E-state index in [2.05, 4.69) is 10.5 Å². The van der Waals surface area contributed by atoms with Gasteiger partial charge in [-0.1, -0.05) is 54.4 Å². The van der Waals surface area contributed by atoms with Gasteiger partial charge in [0.1, 0.15) is 0 Å². The van der Waals surface area contributed by atoms with E-state index in [4.69, 9.17) is 32.5 Å². The Morgan fingerprint density at radius 3 is 2.48 bits per heavy atom. The Morgan fingerprint density at radius 1 is 1.12 bits per heavy atom. The summed E-state index contributed by atoms with van der Waals surface area (Å²) in [5.74, 6) is -1.44. The van der Waals surface area contributed by atoms with Crippen LogP contribution in [0.25, 0.3) is 11.1 Å². The molecule has 0 saturated carbocycles. The molecular weight excluding hydrogens is 467 g/mol. The highest BCUT2D eigenvalue weighted by Gasteiger charge is 2.23. The molecule has 0 aliphatic carbocycles. The van der Waals surface area contributed by atoms with E-state index in [-0.39, 0.29) is 18.3 Å². The maximum Gasteiger partial charge on any atom is 0.308 e. The Balaban J connectivity index is 1.78. The molecule has 2 aromatic carbocycles. The summed E-state index contributed by atoms with van der Waals surface area (Å²) in [6.45, 7) is 3.77. The van der Waals surface area contributed by atoms with Gasteiger partial charge < -0.3 is 14.6 Å². The summed E-state index contributed by atoms with van der Waals surface area (Å²) in [5, 5.41) is 6.12. The van der Waals surface area contributed by atoms with Crippen LogP contribution in [0.3, 0.4) is 0 Å². The highest BCUT2D eigenvalue weighted by molar-refractivity contribution is 6.35. The number of carbonyl (C=O) groups excluding carboxylic acids is 2. The quantitative estimate of drug-likeness (QED) is 0.416. The molecule has 9 heteroatoms. The first-order valence-corrected chi connectivity index (χ1v) is 11.2. The number of aromatic nitrogens is 1. The summed E-state index contributed by atoms with van der Waals surface area (Å²) >= 11 is 12.4. The molecule has 174 valence electrons. The van der Waals surface area contributed by atoms with E-state index >= 15 is 0 Å². The number of nitrogens with one attached hydrogen (secondary N) is 2. The number of H-pyrrole nitrogens is 1. The molecule has 0 aliphatic rings. The molecule has 0 bridgehead atoms. The van der Waals surface area contributed by atoms with Gasteiger partial charge >= 0.3 is 5.97 Å². The fraction of sp³-hybridized carbons (Fsp3) is 0.292. The van der Waals surface area contributed by atoms with Crippen molar-refractivity contribution in [3.8, 4) is 11.1 Å². The molecule has 0 fully saturated rings. The molecule has 7 nitrogen and oxygen atoms in total. The van der Waals surface area contributed by atoms with Crippen LogP contribution in [0.1, 0.15) is 36.4 Å². The maximum atomic E-state index is 12.5. The topological polar surface area (TPSA) is 101 Å². The lowest BCUT2D eigenvalue weighted by atomic mass is 9.94. The number of hydrogen-bond acceptors (Lipinski definition) is 5. The Hall–Kier alpha value is -3.03. The third-order valence-electron chi connectivity index (χ3n) is 5.09. The van der Waals surface area contributed by atoms with E-state index in [0.29, 0.717) is 22.9 Å². The Labute approximate surface area is 201 Å². The molecule has 1 heterocycles. The number of rotatable bonds is 9. The molecule has 0 radical (unpaired) electrons. The predicted octanol–water partition coefficient (Wildman–Crippen LogP) is 4.87. The Morgan fingerprint density at radius 2 is 1.85 bits per heavy atom. The first-order valence-electron chi connectivity index (χ1n) is 10.5. The zero-order valence-corrected chi connectivity index (χ0v) is 19.7. The van der Waals surface area contributed by atoms with Crippen molar-refractivity contribution >= 4 is 35.1 Å². The first kappa shape index (κ1) is 24.6. The van der Waals surface area contributed by atoms with E-state index < -0.39 is 23.4 Å². The fourth-order valence-corrected chi connectivity index (χ4v) is 3.87. The minimum atomic E-state index is -0.545. The predicted molar refractivity (Wildman–Crippen MR) is 127 cm³/mol. The van der Waals surface area contributed by atoms with Gasteiger partial charge in [0.05, 0.1) is 18.6 Å². The summed E-state index contributed by atoms with van der Waals surface area (Å²) in [5.41, 5.74) is 2.15. The lowest BCUT2D eigenvalue weighted by Crippen LogP contribution is -2.38. The number of hydrogen-bond donors (Lipinski definition) is 2. The molecule has 1 amide bonds. The Kier molecular flexibility index (Phi) is 8.36. The second-order valence-corrected chi connectivity index (χ2v) is 8.50. The SMILES string of the molecule is CCOC(=O)[C@H](C)C[C@@H](Cc1ccc(-c2cc(Cl)ccc2Cl)cc1)NC(=O)c1cc(=O)[nH]o1. The van der Waals surface area contributed by atoms with Gasteiger partial charge in [-0.2, -0.15) is 5.16 Å². The van der Waals surface area contributed by atoms with E-state index in [1.54, 1.807) is 32.0 Å². The van der Waals surface area contributed by atoms with Crippen LogP contribution < -0.4 is 10.9 Å². The summed E-state index contributed by atoms with van der Waals surface area (Å²) in [7, 11) is 0. The van der Waals surface area contributed by atoms with Crippen LogP contribution in [0.2, 0.25) is 10.0 Å². The van der Waals surface area contributed by atoms with Crippen molar-refractivity contribution in [2.24, 2.45) is 5.92 Å². The number of amides is 1. The highest BCUT2D eigenvalue weighted by Crippen LogP contribution is 2.31. The van der Waals surface area contributed by atoms with Crippen molar-refractivity contribution in [2.45, 2.75) is 32.7 Å². The normalized spacial score (nSPS) is 12.7. The molecule has 1 aromatic heterocycles. The second-order valence-electron chi connectivity index (χ2n) is 7.66. The van der Waals surface area contributed by atoms with Gasteiger partial charge in [0, 0.05) is 21.7 Å². The van der Waals surface area contributed by atoms with Crippen LogP contribution in [0.4, 0.5) is 0 Å². The molecule has 0 unspecified atom stereocenters. The second kappa shape index (κ2) is 11.2. The molecular formula is C24H24Cl2N2O5. The average Bonchev–Trinajstić information content (AvgIpc) is 3.22. The fourth-order valence-electron chi connectivity index (χ4n) is 3.48. The monoisotopic (exact) mass is 490 g/mol. The third-order valence-corrected chi connectivity index (χ3v) is 5.65. The molecule has 2 N–H and O–H groups in total. The molecule has 2 atom stereocenters. The lowest BCUT2D eigenvalue weighted by molar-refractivity contribution is -0.147. The van der Waals surface area contributed by atoms with Crippen LogP contribution in [-0.4, -0.2) is 29.7 Å². The lowest BCUT2D eigenvalue weighted by Gasteiger charge is -2.21.